The van der Waals surface area contributed by atoms with Gasteiger partial charge in [0.05, 0.1) is 12.6 Å². The first-order valence-corrected chi connectivity index (χ1v) is 3.55. The maximum Gasteiger partial charge on any atom is 0.239 e. The van der Waals surface area contributed by atoms with E-state index in [1.54, 1.807) is 4.68 Å². The summed E-state index contributed by atoms with van der Waals surface area (Å²) in [6, 6.07) is -0.000185. The van der Waals surface area contributed by atoms with Crippen LogP contribution in [0.3, 0.4) is 0 Å². The van der Waals surface area contributed by atoms with Crippen molar-refractivity contribution in [1.82, 2.24) is 14.8 Å². The van der Waals surface area contributed by atoms with E-state index < -0.39 is 0 Å². The van der Waals surface area contributed by atoms with Crippen molar-refractivity contribution >= 4 is 5.95 Å². The average molecular weight is 156 g/mol. The molecule has 0 amide bonds. The van der Waals surface area contributed by atoms with Crippen LogP contribution >= 0.6 is 0 Å². The third-order valence-corrected chi connectivity index (χ3v) is 1.58. The molecule has 1 rings (SSSR count). The number of anilines is 1. The number of hydrogen-bond acceptors (Lipinski definition) is 4. The lowest BCUT2D eigenvalue weighted by Crippen LogP contribution is -2.12. The third kappa shape index (κ3) is 1.68. The molecule has 5 nitrogen and oxygen atoms in total. The van der Waals surface area contributed by atoms with Crippen molar-refractivity contribution in [3.05, 3.63) is 6.33 Å². The van der Waals surface area contributed by atoms with E-state index in [4.69, 9.17) is 10.8 Å². The van der Waals surface area contributed by atoms with Crippen molar-refractivity contribution in [2.24, 2.45) is 0 Å². The lowest BCUT2D eigenvalue weighted by atomic mass is 10.2. The van der Waals surface area contributed by atoms with Crippen LogP contribution in [0.2, 0.25) is 0 Å². The molecule has 0 saturated carbocycles. The van der Waals surface area contributed by atoms with E-state index in [-0.39, 0.29) is 18.6 Å². The lowest BCUT2D eigenvalue weighted by Gasteiger charge is -2.09. The van der Waals surface area contributed by atoms with Gasteiger partial charge in [0.25, 0.3) is 0 Å². The standard InChI is InChI=1S/C6H12N4O/c1-2-5(3-11)10-4-8-6(7)9-10/h4-5,11H,2-3H2,1H3,(H2,7,9). The van der Waals surface area contributed by atoms with Gasteiger partial charge in [-0.15, -0.1) is 5.10 Å². The average Bonchev–Trinajstić information content (AvgIpc) is 2.39. The number of aliphatic hydroxyl groups excluding tert-OH is 1. The summed E-state index contributed by atoms with van der Waals surface area (Å²) >= 11 is 0. The van der Waals surface area contributed by atoms with Crippen LogP contribution in [-0.2, 0) is 0 Å². The van der Waals surface area contributed by atoms with Gasteiger partial charge in [0.15, 0.2) is 0 Å². The normalized spacial score (nSPS) is 13.3. The molecular weight excluding hydrogens is 144 g/mol. The quantitative estimate of drug-likeness (QED) is 0.635. The molecule has 3 N–H and O–H groups in total. The van der Waals surface area contributed by atoms with Crippen molar-refractivity contribution in [1.29, 1.82) is 0 Å². The molecule has 0 spiro atoms. The first-order chi connectivity index (χ1) is 5.27. The summed E-state index contributed by atoms with van der Waals surface area (Å²) in [6.07, 6.45) is 2.35. The molecule has 0 bridgehead atoms. The van der Waals surface area contributed by atoms with Crippen LogP contribution in [0.5, 0.6) is 0 Å². The van der Waals surface area contributed by atoms with Gasteiger partial charge in [0, 0.05) is 0 Å². The molecule has 0 fully saturated rings. The molecule has 11 heavy (non-hydrogen) atoms. The predicted octanol–water partition coefficient (Wildman–Crippen LogP) is -0.196. The molecule has 62 valence electrons. The highest BCUT2D eigenvalue weighted by molar-refractivity contribution is 5.09. The molecule has 1 aromatic rings. The number of rotatable bonds is 3. The summed E-state index contributed by atoms with van der Waals surface area (Å²) in [4.78, 5) is 3.75. The number of aromatic nitrogens is 3. The molecule has 1 heterocycles. The Labute approximate surface area is 64.9 Å². The Bertz CT molecular complexity index is 218. The van der Waals surface area contributed by atoms with E-state index in [0.717, 1.165) is 6.42 Å². The molecule has 5 heteroatoms. The predicted molar refractivity (Wildman–Crippen MR) is 40.8 cm³/mol. The van der Waals surface area contributed by atoms with E-state index in [0.29, 0.717) is 0 Å². The minimum Gasteiger partial charge on any atom is -0.394 e. The van der Waals surface area contributed by atoms with Crippen molar-refractivity contribution in [3.63, 3.8) is 0 Å². The Morgan fingerprint density at radius 2 is 2.55 bits per heavy atom. The summed E-state index contributed by atoms with van der Waals surface area (Å²) in [5.74, 6) is 0.247. The smallest absolute Gasteiger partial charge is 0.239 e. The fourth-order valence-corrected chi connectivity index (χ4v) is 0.864. The summed E-state index contributed by atoms with van der Waals surface area (Å²) in [7, 11) is 0. The minimum atomic E-state index is -0.000185. The summed E-state index contributed by atoms with van der Waals surface area (Å²) in [5.41, 5.74) is 5.30. The van der Waals surface area contributed by atoms with E-state index in [2.05, 4.69) is 10.1 Å². The Hall–Kier alpha value is -1.10. The molecular formula is C6H12N4O. The molecule has 1 aromatic heterocycles. The Kier molecular flexibility index (Phi) is 2.43. The van der Waals surface area contributed by atoms with Gasteiger partial charge in [-0.25, -0.2) is 9.67 Å². The second-order valence-corrected chi connectivity index (χ2v) is 2.33. The number of nitrogens with zero attached hydrogens (tertiary/aromatic N) is 3. The van der Waals surface area contributed by atoms with Crippen molar-refractivity contribution in [3.8, 4) is 0 Å². The molecule has 0 radical (unpaired) electrons. The van der Waals surface area contributed by atoms with Gasteiger partial charge < -0.3 is 10.8 Å². The third-order valence-electron chi connectivity index (χ3n) is 1.58. The van der Waals surface area contributed by atoms with Gasteiger partial charge in [0.1, 0.15) is 6.33 Å². The van der Waals surface area contributed by atoms with Crippen molar-refractivity contribution < 1.29 is 5.11 Å². The molecule has 0 saturated heterocycles. The van der Waals surface area contributed by atoms with Crippen LogP contribution in [0.1, 0.15) is 19.4 Å². The Morgan fingerprint density at radius 3 is 2.91 bits per heavy atom. The van der Waals surface area contributed by atoms with E-state index in [1.165, 1.54) is 6.33 Å². The number of nitrogens with two attached hydrogens (primary N) is 1. The zero-order chi connectivity index (χ0) is 8.27. The number of aliphatic hydroxyl groups is 1. The highest BCUT2D eigenvalue weighted by Crippen LogP contribution is 2.07. The molecule has 1 atom stereocenters. The van der Waals surface area contributed by atoms with Crippen molar-refractivity contribution in [2.75, 3.05) is 12.3 Å². The number of nitrogen functional groups attached to an aromatic ring is 1. The van der Waals surface area contributed by atoms with Crippen LogP contribution < -0.4 is 5.73 Å². The van der Waals surface area contributed by atoms with Gasteiger partial charge in [0.2, 0.25) is 5.95 Å². The van der Waals surface area contributed by atoms with Crippen LogP contribution in [0, 0.1) is 0 Å². The van der Waals surface area contributed by atoms with Gasteiger partial charge >= 0.3 is 0 Å². The topological polar surface area (TPSA) is 77.0 Å². The van der Waals surface area contributed by atoms with E-state index >= 15 is 0 Å². The molecule has 0 aromatic carbocycles. The van der Waals surface area contributed by atoms with Gasteiger partial charge in [-0.2, -0.15) is 0 Å². The first-order valence-electron chi connectivity index (χ1n) is 3.55. The van der Waals surface area contributed by atoms with E-state index in [9.17, 15) is 0 Å². The maximum atomic E-state index is 8.86. The second kappa shape index (κ2) is 3.34. The second-order valence-electron chi connectivity index (χ2n) is 2.33. The van der Waals surface area contributed by atoms with Crippen LogP contribution in [-0.4, -0.2) is 26.5 Å². The zero-order valence-electron chi connectivity index (χ0n) is 6.44. The van der Waals surface area contributed by atoms with Gasteiger partial charge in [-0.05, 0) is 6.42 Å². The largest absolute Gasteiger partial charge is 0.394 e. The highest BCUT2D eigenvalue weighted by atomic mass is 16.3. The Morgan fingerprint density at radius 1 is 1.82 bits per heavy atom. The first kappa shape index (κ1) is 8.00. The summed E-state index contributed by atoms with van der Waals surface area (Å²) < 4.78 is 1.58. The number of hydrogen-bond donors (Lipinski definition) is 2. The van der Waals surface area contributed by atoms with Crippen molar-refractivity contribution in [2.45, 2.75) is 19.4 Å². The fourth-order valence-electron chi connectivity index (χ4n) is 0.864. The molecule has 1 unspecified atom stereocenters. The van der Waals surface area contributed by atoms with Crippen LogP contribution in [0.25, 0.3) is 0 Å². The summed E-state index contributed by atoms with van der Waals surface area (Å²) in [5, 5.41) is 12.7. The van der Waals surface area contributed by atoms with Crippen LogP contribution in [0.4, 0.5) is 5.95 Å². The SMILES string of the molecule is CCC(CO)n1cnc(N)n1. The highest BCUT2D eigenvalue weighted by Gasteiger charge is 2.07. The van der Waals surface area contributed by atoms with Gasteiger partial charge in [-0.1, -0.05) is 6.92 Å². The minimum absolute atomic E-state index is 0.000185. The molecule has 0 aliphatic rings. The van der Waals surface area contributed by atoms with E-state index in [1.807, 2.05) is 6.92 Å². The summed E-state index contributed by atoms with van der Waals surface area (Å²) in [6.45, 7) is 2.04. The fraction of sp³-hybridized carbons (Fsp3) is 0.667. The molecule has 0 aliphatic carbocycles. The lowest BCUT2D eigenvalue weighted by molar-refractivity contribution is 0.214. The van der Waals surface area contributed by atoms with Crippen LogP contribution in [0.15, 0.2) is 6.33 Å². The van der Waals surface area contributed by atoms with Gasteiger partial charge in [-0.3, -0.25) is 0 Å². The Balaban J connectivity index is 2.73. The monoisotopic (exact) mass is 156 g/mol. The maximum absolute atomic E-state index is 8.86. The molecule has 0 aliphatic heterocycles. The zero-order valence-corrected chi connectivity index (χ0v) is 6.44.